The molecule has 0 radical (unpaired) electrons. The Kier molecular flexibility index (Phi) is 56.9. The quantitative estimate of drug-likeness (QED) is 0.00278. The van der Waals surface area contributed by atoms with Crippen LogP contribution in [0.25, 0.3) is 0 Å². The molecule has 0 aliphatic carbocycles. The van der Waals surface area contributed by atoms with Crippen LogP contribution in [0.4, 0.5) is 0 Å². The molecule has 1 heterocycles. The summed E-state index contributed by atoms with van der Waals surface area (Å²) in [7, 11) is 0. The van der Waals surface area contributed by atoms with Gasteiger partial charge in [0.1, 0.15) is 66.2 Å². The van der Waals surface area contributed by atoms with Crippen LogP contribution in [-0.2, 0) is 80.3 Å². The summed E-state index contributed by atoms with van der Waals surface area (Å²) in [5.41, 5.74) is 16.4. The first-order chi connectivity index (χ1) is 56.8. The first kappa shape index (κ1) is 108. The number of carbonyl (C=O) groups is 1. The number of epoxide rings is 1. The Balaban J connectivity index is 0.000000736. The third-order valence-electron chi connectivity index (χ3n) is 18.7. The van der Waals surface area contributed by atoms with Crippen LogP contribution in [0.2, 0.25) is 0 Å². The van der Waals surface area contributed by atoms with Crippen molar-refractivity contribution >= 4 is 22.4 Å². The molecule has 15 nitrogen and oxygen atoms in total. The number of unbranched alkanes of at least 4 members (excludes halogenated alkanes) is 3. The van der Waals surface area contributed by atoms with Crippen LogP contribution in [0, 0.1) is 28.2 Å². The zero-order valence-corrected chi connectivity index (χ0v) is 80.3. The van der Waals surface area contributed by atoms with Crippen molar-refractivity contribution in [3.8, 4) is 40.2 Å². The van der Waals surface area contributed by atoms with Crippen LogP contribution < -0.4 is 122 Å². The maximum absolute atomic E-state index is 10.6. The van der Waals surface area contributed by atoms with Gasteiger partial charge in [0.2, 0.25) is 0 Å². The predicted molar refractivity (Wildman–Crippen MR) is 477 cm³/mol. The van der Waals surface area contributed by atoms with E-state index in [1.165, 1.54) is 88.2 Å². The number of phenolic OH excluding ortho intramolecular Hbond substituents is 4. The van der Waals surface area contributed by atoms with Gasteiger partial charge in [0.05, 0.1) is 31.0 Å². The topological polar surface area (TPSA) is 251 Å². The van der Waals surface area contributed by atoms with Crippen molar-refractivity contribution in [1.29, 1.82) is 0 Å². The smallest absolute Gasteiger partial charge is 1.00 e. The van der Waals surface area contributed by atoms with Gasteiger partial charge in [-0.05, 0) is 229 Å². The molecule has 0 saturated carbocycles. The van der Waals surface area contributed by atoms with Crippen molar-refractivity contribution in [3.05, 3.63) is 394 Å². The van der Waals surface area contributed by atoms with Crippen molar-refractivity contribution in [2.75, 3.05) is 11.9 Å². The first-order valence-electron chi connectivity index (χ1n) is 40.0. The van der Waals surface area contributed by atoms with E-state index >= 15 is 0 Å². The molecule has 0 amide bonds. The van der Waals surface area contributed by atoms with Gasteiger partial charge in [-0.3, -0.25) is 4.79 Å². The summed E-state index contributed by atoms with van der Waals surface area (Å²) in [6.07, 6.45) is 11.5. The number of hydrogen-bond acceptors (Lipinski definition) is 15. The van der Waals surface area contributed by atoms with Crippen LogP contribution in [0.5, 0.6) is 40.2 Å². The average Bonchev–Trinajstić information content (AvgIpc) is 1.74. The Morgan fingerprint density at radius 1 is 0.397 bits per heavy atom. The Hall–Kier alpha value is -7.11. The van der Waals surface area contributed by atoms with E-state index in [1.807, 2.05) is 153 Å². The minimum Gasteiger partial charge on any atom is -1.00 e. The summed E-state index contributed by atoms with van der Waals surface area (Å²) < 4.78 is 22.9. The Labute approximate surface area is 827 Å². The maximum Gasteiger partial charge on any atom is 1.00 e. The number of carbonyl (C=O) groups excluding carboxylic acids is 1. The molecule has 8 N–H and O–H groups in total. The molecule has 0 bridgehead atoms. The summed E-state index contributed by atoms with van der Waals surface area (Å²) in [4.78, 5) is 11.2. The molecular formula is C102H120BrK2O15Pd-. The summed E-state index contributed by atoms with van der Waals surface area (Å²) in [5.74, 6) is 2.43. The summed E-state index contributed by atoms with van der Waals surface area (Å²) >= 11 is 3.29. The fraction of sp³-hybridized carbons (Fsp3) is 0.275. The van der Waals surface area contributed by atoms with Gasteiger partial charge in [0.15, 0.2) is 0 Å². The molecule has 12 aromatic rings. The SMILES string of the molecule is CCCc1ccccc1.Cc1cc(OCc2ccccc2)cc(C(O)CBr)c1.Cc1cc(OCc2ccccc2)cc(C(O)CCCCc2ccccc2)c1.Cc1cc(OCc2ccccc2)cc(C2CO2)c1.O=CO[O-].Oc1cc(O)cc(C(O)CCCCc2ccccc2)c1.Oc1cc(O)cc(C(O)CCCCc2ccccc2)c1.[CH3-].[H-].[HH].[K+].[K+].[Pd]. The number of hydrogen-bond donors (Lipinski definition) is 8. The minimum absolute atomic E-state index is 0. The molecule has 1 aliphatic rings. The summed E-state index contributed by atoms with van der Waals surface area (Å²) in [6, 6.07) is 98.6. The van der Waals surface area contributed by atoms with E-state index in [1.54, 1.807) is 0 Å². The second kappa shape index (κ2) is 63.7. The molecule has 5 atom stereocenters. The van der Waals surface area contributed by atoms with E-state index < -0.39 is 24.4 Å². The molecule has 13 rings (SSSR count). The summed E-state index contributed by atoms with van der Waals surface area (Å²) in [6.45, 7) is 10.7. The number of phenols is 4. The fourth-order valence-corrected chi connectivity index (χ4v) is 13.1. The van der Waals surface area contributed by atoms with Crippen molar-refractivity contribution in [2.45, 2.75) is 168 Å². The first-order valence-corrected chi connectivity index (χ1v) is 41.2. The van der Waals surface area contributed by atoms with Gasteiger partial charge in [0.25, 0.3) is 6.47 Å². The normalized spacial score (nSPS) is 12.1. The average molecular weight is 1850 g/mol. The number of rotatable bonds is 33. The second-order valence-electron chi connectivity index (χ2n) is 28.8. The molecule has 5 unspecified atom stereocenters. The van der Waals surface area contributed by atoms with E-state index in [0.717, 1.165) is 121 Å². The molecule has 638 valence electrons. The molecule has 12 aromatic carbocycles. The fourth-order valence-electron chi connectivity index (χ4n) is 12.7. The predicted octanol–water partition coefficient (Wildman–Crippen LogP) is 16.6. The Morgan fingerprint density at radius 3 is 0.926 bits per heavy atom. The van der Waals surface area contributed by atoms with Crippen LogP contribution >= 0.6 is 15.9 Å². The van der Waals surface area contributed by atoms with Crippen LogP contribution in [-0.4, -0.2) is 59.3 Å². The number of halogens is 1. The molecule has 1 saturated heterocycles. The number of ether oxygens (including phenoxy) is 4. The minimum atomic E-state index is -0.649. The molecule has 0 spiro atoms. The zero-order valence-electron chi connectivity index (χ0n) is 71.9. The van der Waals surface area contributed by atoms with Gasteiger partial charge in [-0.25, -0.2) is 0 Å². The number of benzene rings is 12. The zero-order chi connectivity index (χ0) is 83.6. The van der Waals surface area contributed by atoms with Crippen molar-refractivity contribution < 1.29 is 201 Å². The summed E-state index contributed by atoms with van der Waals surface area (Å²) in [5, 5.41) is 87.1. The van der Waals surface area contributed by atoms with Crippen molar-refractivity contribution in [1.82, 2.24) is 0 Å². The maximum atomic E-state index is 10.6. The number of aliphatic hydroxyl groups excluding tert-OH is 4. The number of aryl methyl sites for hydroxylation is 7. The Morgan fingerprint density at radius 2 is 0.653 bits per heavy atom. The molecule has 0 aromatic heterocycles. The van der Waals surface area contributed by atoms with Crippen LogP contribution in [0.3, 0.4) is 0 Å². The standard InChI is InChI=1S/C25H28O2.2C17H20O3.C16H17BrO2.C16H16O2.C9H12.CH2O3.CH3.2K.Pd.H2.H/c1-20-16-23(18-24(17-20)27-19-22-13-6-3-7-14-22)25(26)15-9-8-12-21-10-4-2-5-11-21;2*18-15-10-14(11-16(19)12-15)17(20)9-5-4-8-13-6-2-1-3-7-13;1-12-7-14(16(18)10-17)9-15(8-12)19-11-13-5-3-2-4-6-13;1-12-7-14(16-11-18-16)9-15(8-12)17-10-13-5-3-2-4-6-13;1-2-6-9-7-4-3-5-8-9;2-1-4-3;;;;;;/h2-7,10-11,13-14,16-18,25-26H,8-9,12,15,19H2,1H3;2*1-3,6-7,10-12,17-20H,4-5,8-9H2;2-9,16,18H,10-11H2,1H3;2-9,16H,10-11H2,1H3;3-5,7-8H,2,6H2,1H3;1,3H;1H3;;;;1H;/q;;;;;;;-1;2*+1;;;-1/p-1. The van der Waals surface area contributed by atoms with E-state index in [4.69, 9.17) is 29.0 Å². The van der Waals surface area contributed by atoms with Crippen LogP contribution in [0.15, 0.2) is 303 Å². The van der Waals surface area contributed by atoms with Gasteiger partial charge in [-0.1, -0.05) is 279 Å². The largest absolute Gasteiger partial charge is 1.00 e. The van der Waals surface area contributed by atoms with Gasteiger partial charge in [-0.15, -0.1) is 0 Å². The van der Waals surface area contributed by atoms with E-state index in [9.17, 15) is 40.9 Å². The van der Waals surface area contributed by atoms with Crippen LogP contribution in [0.1, 0.15) is 188 Å². The van der Waals surface area contributed by atoms with E-state index in [2.05, 4.69) is 162 Å². The molecule has 19 heteroatoms. The molecule has 1 aliphatic heterocycles. The van der Waals surface area contributed by atoms with Gasteiger partial charge >= 0.3 is 103 Å². The van der Waals surface area contributed by atoms with Crippen molar-refractivity contribution in [3.63, 3.8) is 0 Å². The molecule has 1 fully saturated rings. The monoisotopic (exact) mass is 1850 g/mol. The number of aliphatic hydroxyl groups is 4. The van der Waals surface area contributed by atoms with Gasteiger partial charge in [-0.2, -0.15) is 0 Å². The van der Waals surface area contributed by atoms with Gasteiger partial charge < -0.3 is 78.8 Å². The number of aromatic hydroxyl groups is 4. The molecule has 121 heavy (non-hydrogen) atoms. The Bertz CT molecular complexity index is 4550. The van der Waals surface area contributed by atoms with E-state index in [-0.39, 0.29) is 169 Å². The third-order valence-corrected chi connectivity index (χ3v) is 19.3. The van der Waals surface area contributed by atoms with E-state index in [0.29, 0.717) is 49.1 Å². The van der Waals surface area contributed by atoms with Gasteiger partial charge in [0, 0.05) is 39.3 Å². The number of alkyl halides is 1. The second-order valence-corrected chi connectivity index (χ2v) is 29.4. The van der Waals surface area contributed by atoms with Crippen molar-refractivity contribution in [2.24, 2.45) is 0 Å². The molecular weight excluding hydrogens is 1730 g/mol. The third kappa shape index (κ3) is 45.9.